The summed E-state index contributed by atoms with van der Waals surface area (Å²) in [5, 5.41) is 2.83. The Morgan fingerprint density at radius 3 is 2.33 bits per heavy atom. The van der Waals surface area contributed by atoms with Crippen LogP contribution in [0.15, 0.2) is 54.6 Å². The molecule has 7 heteroatoms. The number of amides is 1. The van der Waals surface area contributed by atoms with Crippen molar-refractivity contribution < 1.29 is 22.7 Å². The average molecular weight is 380 g/mol. The van der Waals surface area contributed by atoms with E-state index in [1.54, 1.807) is 0 Å². The highest BCUT2D eigenvalue weighted by Gasteiger charge is 2.30. The first-order chi connectivity index (χ1) is 12.8. The van der Waals surface area contributed by atoms with Gasteiger partial charge >= 0.3 is 6.36 Å². The molecule has 4 nitrogen and oxygen atoms in total. The van der Waals surface area contributed by atoms with Crippen LogP contribution in [0.25, 0.3) is 0 Å². The monoisotopic (exact) mass is 380 g/mol. The van der Waals surface area contributed by atoms with Gasteiger partial charge in [-0.15, -0.1) is 13.2 Å². The summed E-state index contributed by atoms with van der Waals surface area (Å²) in [6, 6.07) is 15.4. The fourth-order valence-electron chi connectivity index (χ4n) is 2.57. The van der Waals surface area contributed by atoms with Crippen molar-refractivity contribution in [3.63, 3.8) is 0 Å². The smallest absolute Gasteiger partial charge is 0.406 e. The van der Waals surface area contributed by atoms with Crippen molar-refractivity contribution in [1.82, 2.24) is 5.32 Å². The van der Waals surface area contributed by atoms with E-state index < -0.39 is 6.36 Å². The fraction of sp³-hybridized carbons (Fsp3) is 0.350. The first kappa shape index (κ1) is 20.6. The van der Waals surface area contributed by atoms with Crippen LogP contribution in [0, 0.1) is 0 Å². The van der Waals surface area contributed by atoms with Crippen LogP contribution in [0.1, 0.15) is 18.4 Å². The first-order valence-electron chi connectivity index (χ1n) is 8.71. The van der Waals surface area contributed by atoms with E-state index in [-0.39, 0.29) is 18.1 Å². The second-order valence-corrected chi connectivity index (χ2v) is 6.18. The molecule has 0 atom stereocenters. The lowest BCUT2D eigenvalue weighted by Gasteiger charge is -2.19. The zero-order chi connectivity index (χ0) is 19.7. The molecule has 27 heavy (non-hydrogen) atoms. The molecule has 0 aromatic heterocycles. The summed E-state index contributed by atoms with van der Waals surface area (Å²) in [5.74, 6) is -0.454. The maximum Gasteiger partial charge on any atom is 0.573 e. The second kappa shape index (κ2) is 9.85. The maximum atomic E-state index is 12.1. The van der Waals surface area contributed by atoms with Gasteiger partial charge in [0.25, 0.3) is 0 Å². The number of hydrogen-bond acceptors (Lipinski definition) is 3. The molecule has 0 aliphatic carbocycles. The Morgan fingerprint density at radius 2 is 1.70 bits per heavy atom. The van der Waals surface area contributed by atoms with Crippen LogP contribution in [-0.2, 0) is 11.2 Å². The van der Waals surface area contributed by atoms with Crippen LogP contribution < -0.4 is 15.0 Å². The Bertz CT molecular complexity index is 703. The number of benzene rings is 2. The van der Waals surface area contributed by atoms with Gasteiger partial charge in [-0.2, -0.15) is 0 Å². The normalized spacial score (nSPS) is 11.1. The van der Waals surface area contributed by atoms with Gasteiger partial charge in [0, 0.05) is 25.8 Å². The molecule has 0 fully saturated rings. The summed E-state index contributed by atoms with van der Waals surface area (Å²) in [6.07, 6.45) is -2.81. The van der Waals surface area contributed by atoms with Gasteiger partial charge in [-0.3, -0.25) is 4.79 Å². The number of halogens is 3. The minimum Gasteiger partial charge on any atom is -0.406 e. The van der Waals surface area contributed by atoms with Gasteiger partial charge in [-0.1, -0.05) is 30.3 Å². The molecule has 1 N–H and O–H groups in total. The number of rotatable bonds is 9. The van der Waals surface area contributed by atoms with Gasteiger partial charge in [0.2, 0.25) is 5.91 Å². The number of nitrogens with zero attached hydrogens (tertiary/aromatic N) is 1. The Kier molecular flexibility index (Phi) is 7.52. The molecular weight excluding hydrogens is 357 g/mol. The highest BCUT2D eigenvalue weighted by molar-refractivity contribution is 5.78. The molecule has 146 valence electrons. The number of unbranched alkanes of at least 4 members (excludes halogenated alkanes) is 1. The lowest BCUT2D eigenvalue weighted by molar-refractivity contribution is -0.274. The largest absolute Gasteiger partial charge is 0.573 e. The van der Waals surface area contributed by atoms with E-state index in [1.165, 1.54) is 24.3 Å². The molecule has 0 bridgehead atoms. The standard InChI is InChI=1S/C20H23F3N2O2/c1-25(17-7-3-2-4-8-17)14-6-5-13-24-19(26)15-16-9-11-18(12-10-16)27-20(21,22)23/h2-4,7-12H,5-6,13-15H2,1H3,(H,24,26). The number of nitrogens with one attached hydrogen (secondary N) is 1. The van der Waals surface area contributed by atoms with Crippen molar-refractivity contribution in [2.75, 3.05) is 25.0 Å². The summed E-state index contributed by atoms with van der Waals surface area (Å²) < 4.78 is 40.1. The molecule has 2 aromatic carbocycles. The zero-order valence-electron chi connectivity index (χ0n) is 15.1. The number of para-hydroxylation sites is 1. The predicted molar refractivity (Wildman–Crippen MR) is 98.8 cm³/mol. The molecule has 0 saturated carbocycles. The number of carbonyl (C=O) groups is 1. The molecule has 0 radical (unpaired) electrons. The van der Waals surface area contributed by atoms with Crippen LogP contribution in [0.5, 0.6) is 5.75 Å². The van der Waals surface area contributed by atoms with Crippen molar-refractivity contribution >= 4 is 11.6 Å². The lowest BCUT2D eigenvalue weighted by atomic mass is 10.1. The third-order valence-corrected chi connectivity index (χ3v) is 3.96. The number of carbonyl (C=O) groups excluding carboxylic acids is 1. The van der Waals surface area contributed by atoms with E-state index in [9.17, 15) is 18.0 Å². The molecule has 0 saturated heterocycles. The fourth-order valence-corrected chi connectivity index (χ4v) is 2.57. The lowest BCUT2D eigenvalue weighted by Crippen LogP contribution is -2.27. The summed E-state index contributed by atoms with van der Waals surface area (Å²) in [4.78, 5) is 14.1. The minimum atomic E-state index is -4.71. The Labute approximate surface area is 156 Å². The molecule has 2 aromatic rings. The van der Waals surface area contributed by atoms with Crippen LogP contribution in [0.4, 0.5) is 18.9 Å². The average Bonchev–Trinajstić information content (AvgIpc) is 2.62. The summed E-state index contributed by atoms with van der Waals surface area (Å²) in [6.45, 7) is 1.46. The highest BCUT2D eigenvalue weighted by atomic mass is 19.4. The van der Waals surface area contributed by atoms with E-state index in [4.69, 9.17) is 0 Å². The molecular formula is C20H23F3N2O2. The first-order valence-corrected chi connectivity index (χ1v) is 8.71. The number of hydrogen-bond donors (Lipinski definition) is 1. The second-order valence-electron chi connectivity index (χ2n) is 6.18. The van der Waals surface area contributed by atoms with Gasteiger partial charge in [0.15, 0.2) is 0 Å². The van der Waals surface area contributed by atoms with Crippen molar-refractivity contribution in [1.29, 1.82) is 0 Å². The summed E-state index contributed by atoms with van der Waals surface area (Å²) in [7, 11) is 2.03. The Balaban J connectivity index is 1.63. The number of alkyl halides is 3. The zero-order valence-corrected chi connectivity index (χ0v) is 15.1. The van der Waals surface area contributed by atoms with Gasteiger partial charge in [0.1, 0.15) is 5.75 Å². The van der Waals surface area contributed by atoms with Gasteiger partial charge in [0.05, 0.1) is 6.42 Å². The van der Waals surface area contributed by atoms with E-state index in [0.29, 0.717) is 12.1 Å². The Hall–Kier alpha value is -2.70. The van der Waals surface area contributed by atoms with Gasteiger partial charge in [-0.05, 0) is 42.7 Å². The minimum absolute atomic E-state index is 0.121. The SMILES string of the molecule is CN(CCCCNC(=O)Cc1ccc(OC(F)(F)F)cc1)c1ccccc1. The highest BCUT2D eigenvalue weighted by Crippen LogP contribution is 2.22. The molecule has 0 aliphatic heterocycles. The van der Waals surface area contributed by atoms with Crippen molar-refractivity contribution in [2.45, 2.75) is 25.6 Å². The van der Waals surface area contributed by atoms with Gasteiger partial charge < -0.3 is 15.0 Å². The molecule has 0 aliphatic rings. The van der Waals surface area contributed by atoms with E-state index in [2.05, 4.69) is 15.0 Å². The van der Waals surface area contributed by atoms with E-state index in [0.717, 1.165) is 25.1 Å². The summed E-state index contributed by atoms with van der Waals surface area (Å²) in [5.41, 5.74) is 1.78. The van der Waals surface area contributed by atoms with E-state index >= 15 is 0 Å². The van der Waals surface area contributed by atoms with Crippen LogP contribution in [-0.4, -0.2) is 32.4 Å². The summed E-state index contributed by atoms with van der Waals surface area (Å²) >= 11 is 0. The van der Waals surface area contributed by atoms with Crippen LogP contribution in [0.3, 0.4) is 0 Å². The van der Waals surface area contributed by atoms with Crippen LogP contribution >= 0.6 is 0 Å². The topological polar surface area (TPSA) is 41.6 Å². The molecule has 1 amide bonds. The number of ether oxygens (including phenoxy) is 1. The van der Waals surface area contributed by atoms with Gasteiger partial charge in [-0.25, -0.2) is 0 Å². The third kappa shape index (κ3) is 8.02. The molecule has 2 rings (SSSR count). The molecule has 0 spiro atoms. The molecule has 0 unspecified atom stereocenters. The maximum absolute atomic E-state index is 12.1. The quantitative estimate of drug-likeness (QED) is 0.664. The van der Waals surface area contributed by atoms with Crippen molar-refractivity contribution in [2.24, 2.45) is 0 Å². The Morgan fingerprint density at radius 1 is 1.04 bits per heavy atom. The predicted octanol–water partition coefficient (Wildman–Crippen LogP) is 4.16. The van der Waals surface area contributed by atoms with Crippen LogP contribution in [0.2, 0.25) is 0 Å². The van der Waals surface area contributed by atoms with Crippen molar-refractivity contribution in [3.8, 4) is 5.75 Å². The molecule has 0 heterocycles. The number of anilines is 1. The van der Waals surface area contributed by atoms with E-state index in [1.807, 2.05) is 37.4 Å². The van der Waals surface area contributed by atoms with Crippen molar-refractivity contribution in [3.05, 3.63) is 60.2 Å². The third-order valence-electron chi connectivity index (χ3n) is 3.96.